The number of carbonyl (C=O) groups is 1. The summed E-state index contributed by atoms with van der Waals surface area (Å²) in [6.45, 7) is 8.82. The summed E-state index contributed by atoms with van der Waals surface area (Å²) in [5, 5.41) is 10.4. The molecule has 2 atom stereocenters. The number of rotatable bonds is 12. The van der Waals surface area contributed by atoms with E-state index in [2.05, 4.69) is 6.58 Å². The summed E-state index contributed by atoms with van der Waals surface area (Å²) >= 11 is 0. The number of ether oxygens (including phenoxy) is 4. The first-order valence-corrected chi connectivity index (χ1v) is 9.39. The van der Waals surface area contributed by atoms with Crippen molar-refractivity contribution < 1.29 is 38.2 Å². The van der Waals surface area contributed by atoms with Gasteiger partial charge in [-0.05, 0) is 20.8 Å². The Kier molecular flexibility index (Phi) is 10.6. The van der Waals surface area contributed by atoms with E-state index in [1.165, 1.54) is 0 Å². The molecule has 25 heavy (non-hydrogen) atoms. The van der Waals surface area contributed by atoms with Gasteiger partial charge in [-0.3, -0.25) is 0 Å². The number of aliphatic hydroxyl groups excluding tert-OH is 1. The van der Waals surface area contributed by atoms with Gasteiger partial charge in [0.05, 0.1) is 34.4 Å². The normalized spacial score (nSPS) is 14.7. The van der Waals surface area contributed by atoms with Gasteiger partial charge in [0.2, 0.25) is 0 Å². The predicted molar refractivity (Wildman–Crippen MR) is 94.4 cm³/mol. The third-order valence-electron chi connectivity index (χ3n) is 2.84. The Bertz CT molecular complexity index is 468. The molecule has 0 bridgehead atoms. The van der Waals surface area contributed by atoms with Crippen LogP contribution < -0.4 is 4.89 Å². The maximum atomic E-state index is 13.1. The molecular weight excluding hydrogens is 349 g/mol. The molecule has 0 aliphatic carbocycles. The molecule has 0 aliphatic rings. The standard InChI is InChI=1S/C16H30NO7P/c1-8-13(18)24-15(21-9-2)16(22-10-3,23-11-4)25(20)14(19)12-17(5,6)7/h8,15H,1,9-12H2,2-7H3/p+1. The first-order valence-electron chi connectivity index (χ1n) is 8.13. The zero-order valence-electron chi connectivity index (χ0n) is 16.0. The molecule has 0 amide bonds. The molecule has 0 heterocycles. The van der Waals surface area contributed by atoms with Crippen molar-refractivity contribution in [1.82, 2.24) is 0 Å². The van der Waals surface area contributed by atoms with Crippen LogP contribution in [0.3, 0.4) is 0 Å². The summed E-state index contributed by atoms with van der Waals surface area (Å²) in [6, 6.07) is 0. The first-order chi connectivity index (χ1) is 11.6. The van der Waals surface area contributed by atoms with Gasteiger partial charge in [-0.25, -0.2) is 4.79 Å². The summed E-state index contributed by atoms with van der Waals surface area (Å²) in [4.78, 5) is 24.8. The third kappa shape index (κ3) is 7.50. The summed E-state index contributed by atoms with van der Waals surface area (Å²) < 4.78 is 22.1. The Labute approximate surface area is 151 Å². The van der Waals surface area contributed by atoms with Crippen LogP contribution in [-0.2, 0) is 23.7 Å². The Balaban J connectivity index is 6.14. The van der Waals surface area contributed by atoms with Crippen LogP contribution in [0.1, 0.15) is 20.8 Å². The van der Waals surface area contributed by atoms with Crippen molar-refractivity contribution in [2.75, 3.05) is 47.5 Å². The minimum Gasteiger partial charge on any atom is -0.624 e. The van der Waals surface area contributed by atoms with E-state index < -0.39 is 25.6 Å². The van der Waals surface area contributed by atoms with Gasteiger partial charge in [0.25, 0.3) is 5.48 Å². The lowest BCUT2D eigenvalue weighted by atomic mass is 10.5. The average molecular weight is 380 g/mol. The van der Waals surface area contributed by atoms with Crippen LogP contribution in [0.25, 0.3) is 0 Å². The van der Waals surface area contributed by atoms with E-state index in [0.29, 0.717) is 4.48 Å². The van der Waals surface area contributed by atoms with Gasteiger partial charge >= 0.3 is 17.8 Å². The molecule has 0 aromatic rings. The number of quaternary nitrogens is 1. The van der Waals surface area contributed by atoms with Gasteiger partial charge in [0, 0.05) is 12.7 Å². The minimum absolute atomic E-state index is 0.103. The van der Waals surface area contributed by atoms with Gasteiger partial charge in [-0.15, -0.1) is 0 Å². The molecule has 146 valence electrons. The highest BCUT2D eigenvalue weighted by Crippen LogP contribution is 2.42. The van der Waals surface area contributed by atoms with Crippen LogP contribution in [0, 0.1) is 0 Å². The minimum atomic E-state index is -2.63. The van der Waals surface area contributed by atoms with Crippen molar-refractivity contribution >= 4 is 19.2 Å². The Hall–Kier alpha value is -0.860. The fourth-order valence-corrected chi connectivity index (χ4v) is 3.72. The molecule has 0 aromatic carbocycles. The molecule has 0 saturated carbocycles. The van der Waals surface area contributed by atoms with Crippen molar-refractivity contribution in [3.05, 3.63) is 12.7 Å². The number of hydrogen-bond acceptors (Lipinski definition) is 6. The molecular formula is C16H31NO7P+. The molecule has 0 rings (SSSR count). The summed E-state index contributed by atoms with van der Waals surface area (Å²) in [5.41, 5.74) is -2.27. The van der Waals surface area contributed by atoms with Gasteiger partial charge in [-0.2, -0.15) is 0 Å². The van der Waals surface area contributed by atoms with Gasteiger partial charge < -0.3 is 33.4 Å². The molecule has 0 saturated heterocycles. The largest absolute Gasteiger partial charge is 0.624 e. The van der Waals surface area contributed by atoms with Crippen molar-refractivity contribution in [2.24, 2.45) is 0 Å². The molecule has 0 radical (unpaired) electrons. The number of nitrogens with zero attached hydrogens (tertiary/aromatic N) is 1. The lowest BCUT2D eigenvalue weighted by Gasteiger charge is -2.34. The molecule has 9 heteroatoms. The highest BCUT2D eigenvalue weighted by molar-refractivity contribution is 7.52. The second-order valence-electron chi connectivity index (χ2n) is 6.08. The van der Waals surface area contributed by atoms with Crippen LogP contribution in [0.4, 0.5) is 0 Å². The second-order valence-corrected chi connectivity index (χ2v) is 7.81. The maximum Gasteiger partial charge on any atom is 0.397 e. The first kappa shape index (κ1) is 24.1. The van der Waals surface area contributed by atoms with Gasteiger partial charge in [-0.1, -0.05) is 6.58 Å². The zero-order valence-corrected chi connectivity index (χ0v) is 16.9. The summed E-state index contributed by atoms with van der Waals surface area (Å²) in [5.74, 6) is -0.781. The van der Waals surface area contributed by atoms with Crippen molar-refractivity contribution in [2.45, 2.75) is 32.6 Å². The zero-order chi connectivity index (χ0) is 19.7. The van der Waals surface area contributed by atoms with Crippen LogP contribution in [-0.4, -0.2) is 80.4 Å². The van der Waals surface area contributed by atoms with E-state index in [4.69, 9.17) is 18.9 Å². The highest BCUT2D eigenvalue weighted by atomic mass is 31.1. The predicted octanol–water partition coefficient (Wildman–Crippen LogP) is 0.771. The smallest absolute Gasteiger partial charge is 0.397 e. The number of aliphatic hydroxyl groups is 1. The molecule has 0 aromatic heterocycles. The highest BCUT2D eigenvalue weighted by Gasteiger charge is 2.55. The lowest BCUT2D eigenvalue weighted by molar-refractivity contribution is -0.861. The average Bonchev–Trinajstić information content (AvgIpc) is 2.51. The van der Waals surface area contributed by atoms with Gasteiger partial charge in [0.1, 0.15) is 0 Å². The third-order valence-corrected chi connectivity index (χ3v) is 4.49. The van der Waals surface area contributed by atoms with Crippen LogP contribution in [0.2, 0.25) is 0 Å². The van der Waals surface area contributed by atoms with Crippen LogP contribution in [0.5, 0.6) is 0 Å². The lowest BCUT2D eigenvalue weighted by Crippen LogP contribution is -2.52. The number of likely N-dealkylation sites (N-methyl/N-ethyl adjacent to an activating group) is 1. The van der Waals surface area contributed by atoms with E-state index in [0.717, 1.165) is 6.08 Å². The molecule has 0 aliphatic heterocycles. The Morgan fingerprint density at radius 3 is 2.12 bits per heavy atom. The Morgan fingerprint density at radius 2 is 1.76 bits per heavy atom. The van der Waals surface area contributed by atoms with Crippen LogP contribution >= 0.6 is 7.77 Å². The van der Waals surface area contributed by atoms with E-state index in [-0.39, 0.29) is 31.8 Å². The van der Waals surface area contributed by atoms with E-state index in [1.54, 1.807) is 20.8 Å². The molecule has 1 N–H and O–H groups in total. The van der Waals surface area contributed by atoms with Crippen LogP contribution in [0.15, 0.2) is 12.7 Å². The number of carbonyl (C=O) groups excluding carboxylic acids is 1. The number of hydrogen-bond donors (Lipinski definition) is 1. The molecule has 0 fully saturated rings. The topological polar surface area (TPSA) is 97.3 Å². The molecule has 8 nitrogen and oxygen atoms in total. The molecule has 0 spiro atoms. The summed E-state index contributed by atoms with van der Waals surface area (Å²) in [6.07, 6.45) is -0.474. The quantitative estimate of drug-likeness (QED) is 0.176. The SMILES string of the molecule is C=CC(=O)OC(OCC)C(OCC)(OCC)/[P+]([O-])=C(/O)C[N+](C)(C)C. The van der Waals surface area contributed by atoms with E-state index >= 15 is 0 Å². The maximum absolute atomic E-state index is 13.1. The second kappa shape index (κ2) is 11.0. The van der Waals surface area contributed by atoms with Crippen molar-refractivity contribution in [3.63, 3.8) is 0 Å². The Morgan fingerprint density at radius 1 is 1.24 bits per heavy atom. The van der Waals surface area contributed by atoms with Crippen molar-refractivity contribution in [3.8, 4) is 0 Å². The summed E-state index contributed by atoms with van der Waals surface area (Å²) in [7, 11) is 2.87. The fourth-order valence-electron chi connectivity index (χ4n) is 1.99. The fraction of sp³-hybridized carbons (Fsp3) is 0.750. The van der Waals surface area contributed by atoms with Gasteiger partial charge in [0.15, 0.2) is 14.3 Å². The number of esters is 1. The monoisotopic (exact) mass is 380 g/mol. The molecule has 2 unspecified atom stereocenters. The van der Waals surface area contributed by atoms with Crippen molar-refractivity contribution in [1.29, 1.82) is 0 Å². The van der Waals surface area contributed by atoms with E-state index in [1.807, 2.05) is 21.1 Å². The van der Waals surface area contributed by atoms with E-state index in [9.17, 15) is 14.8 Å².